The van der Waals surface area contributed by atoms with Crippen molar-refractivity contribution in [2.75, 3.05) is 0 Å². The first-order valence-electron chi connectivity index (χ1n) is 1.14. The molecule has 0 aromatic carbocycles. The fourth-order valence-corrected chi connectivity index (χ4v) is 0.566. The minimum absolute atomic E-state index is 2.44. The van der Waals surface area contributed by atoms with Crippen LogP contribution in [0.4, 0.5) is 0 Å². The minimum Gasteiger partial charge on any atom is -0.281 e. The topological polar surface area (TPSA) is 89.6 Å². The highest BCUT2D eigenvalue weighted by molar-refractivity contribution is 7.78. The molecule has 0 aliphatic heterocycles. The second-order valence-electron chi connectivity index (χ2n) is 0.577. The third-order valence-electron chi connectivity index (χ3n) is 0.137. The molecule has 0 aliphatic carbocycles. The van der Waals surface area contributed by atoms with Gasteiger partial charge in [-0.25, -0.2) is 0 Å². The van der Waals surface area contributed by atoms with E-state index in [0.717, 1.165) is 0 Å². The van der Waals surface area contributed by atoms with Gasteiger partial charge in [0.15, 0.2) is 0 Å². The standard InChI is InChI=1S/H2NO4PS/c1-6(2)5-7(3)4/h(H2-,1,2,3,4)/p+1. The van der Waals surface area contributed by atoms with Crippen molar-refractivity contribution in [2.24, 2.45) is 5.50 Å². The Bertz CT molecular complexity index is 87.9. The van der Waals surface area contributed by atoms with Crippen molar-refractivity contribution in [2.45, 2.75) is 0 Å². The van der Waals surface area contributed by atoms with Gasteiger partial charge in [-0.2, -0.15) is 4.21 Å². The second-order valence-corrected chi connectivity index (χ2v) is 2.18. The van der Waals surface area contributed by atoms with Gasteiger partial charge in [0.25, 0.3) is 0 Å². The third-order valence-corrected chi connectivity index (χ3v) is 1.24. The van der Waals surface area contributed by atoms with Gasteiger partial charge in [0.05, 0.1) is 0 Å². The summed E-state index contributed by atoms with van der Waals surface area (Å²) >= 11 is -2.50. The van der Waals surface area contributed by atoms with E-state index in [1.54, 1.807) is 0 Å². The summed E-state index contributed by atoms with van der Waals surface area (Å²) in [7, 11) is -2.44. The molecule has 42 valence electrons. The monoisotopic (exact) mass is 144 g/mol. The summed E-state index contributed by atoms with van der Waals surface area (Å²) in [5, 5.41) is 0. The molecule has 0 fully saturated rings. The Morgan fingerprint density at radius 1 is 1.86 bits per heavy atom. The van der Waals surface area contributed by atoms with Crippen molar-refractivity contribution in [1.29, 1.82) is 0 Å². The smallest absolute Gasteiger partial charge is 0.281 e. The predicted molar refractivity (Wildman–Crippen MR) is 23.7 cm³/mol. The molecule has 2 atom stereocenters. The van der Waals surface area contributed by atoms with Crippen LogP contribution < -0.4 is 5.50 Å². The number of hydrogen-bond acceptors (Lipinski definition) is 3. The molecule has 2 unspecified atom stereocenters. The van der Waals surface area contributed by atoms with Gasteiger partial charge in [-0.15, -0.1) is 0 Å². The van der Waals surface area contributed by atoms with E-state index >= 15 is 0 Å². The van der Waals surface area contributed by atoms with Crippen molar-refractivity contribution in [3.05, 3.63) is 0 Å². The summed E-state index contributed by atoms with van der Waals surface area (Å²) < 4.78 is 30.3. The highest BCUT2D eigenvalue weighted by atomic mass is 32.2. The van der Waals surface area contributed by atoms with Crippen LogP contribution in [0.15, 0.2) is 0 Å². The summed E-state index contributed by atoms with van der Waals surface area (Å²) in [4.78, 5) is 0. The molecule has 3 N–H and O–H groups in total. The molecule has 0 heterocycles. The van der Waals surface area contributed by atoms with E-state index in [2.05, 4.69) is 9.47 Å². The van der Waals surface area contributed by atoms with Crippen LogP contribution in [0.25, 0.3) is 0 Å². The lowest BCUT2D eigenvalue weighted by Gasteiger charge is -1.70. The van der Waals surface area contributed by atoms with Gasteiger partial charge in [-0.3, -0.25) is 4.55 Å². The van der Waals surface area contributed by atoms with Crippen molar-refractivity contribution >= 4 is 19.5 Å². The molecule has 0 bridgehead atoms. The van der Waals surface area contributed by atoms with E-state index in [1.807, 2.05) is 0 Å². The second kappa shape index (κ2) is 3.17. The maximum Gasteiger partial charge on any atom is 0.627 e. The predicted octanol–water partition coefficient (Wildman–Crippen LogP) is -0.244. The van der Waals surface area contributed by atoms with Gasteiger partial charge in [0, 0.05) is 3.97 Å². The lowest BCUT2D eigenvalue weighted by molar-refractivity contribution is 0.454. The number of nitrogens with two attached hydrogens (primary N) is 1. The molecule has 0 saturated carbocycles. The molecular formula is H3NO4PS+. The molecule has 0 aliphatic rings. The van der Waals surface area contributed by atoms with Gasteiger partial charge in [-0.05, 0) is 4.57 Å². The van der Waals surface area contributed by atoms with Gasteiger partial charge in [-0.1, -0.05) is 5.50 Å². The van der Waals surface area contributed by atoms with Crippen LogP contribution in [0.3, 0.4) is 0 Å². The number of rotatable bonds is 2. The third kappa shape index (κ3) is 6.13. The first-order valence-corrected chi connectivity index (χ1v) is 3.42. The maximum atomic E-state index is 9.60. The van der Waals surface area contributed by atoms with Crippen molar-refractivity contribution in [3.63, 3.8) is 0 Å². The highest BCUT2D eigenvalue weighted by Crippen LogP contribution is 2.09. The minimum atomic E-state index is -2.50. The summed E-state index contributed by atoms with van der Waals surface area (Å²) in [5.74, 6) is 0. The Morgan fingerprint density at radius 2 is 2.29 bits per heavy atom. The molecule has 0 amide bonds. The normalized spacial score (nSPS) is 16.0. The first-order chi connectivity index (χ1) is 3.13. The highest BCUT2D eigenvalue weighted by Gasteiger charge is 2.12. The van der Waals surface area contributed by atoms with Crippen LogP contribution in [0, 0.1) is 0 Å². The maximum absolute atomic E-state index is 9.60. The van der Waals surface area contributed by atoms with E-state index in [0.29, 0.717) is 0 Å². The van der Waals surface area contributed by atoms with Crippen molar-refractivity contribution < 1.29 is 17.3 Å². The summed E-state index contributed by atoms with van der Waals surface area (Å²) in [6.07, 6.45) is 0. The van der Waals surface area contributed by atoms with Crippen molar-refractivity contribution in [1.82, 2.24) is 0 Å². The van der Waals surface area contributed by atoms with E-state index in [-0.39, 0.29) is 0 Å². The Kier molecular flexibility index (Phi) is 3.23. The molecule has 0 saturated heterocycles. The summed E-state index contributed by atoms with van der Waals surface area (Å²) in [6, 6.07) is 0. The molecule has 0 spiro atoms. The van der Waals surface area contributed by atoms with E-state index < -0.39 is 19.5 Å². The lowest BCUT2D eigenvalue weighted by Crippen LogP contribution is -1.89. The van der Waals surface area contributed by atoms with Crippen LogP contribution >= 0.6 is 8.18 Å². The average molecular weight is 144 g/mol. The largest absolute Gasteiger partial charge is 0.627 e. The summed E-state index contributed by atoms with van der Waals surface area (Å²) in [5.41, 5.74) is 4.43. The molecule has 7 heavy (non-hydrogen) atoms. The quantitative estimate of drug-likeness (QED) is 0.412. The summed E-state index contributed by atoms with van der Waals surface area (Å²) in [6.45, 7) is 0. The SMILES string of the molecule is N[P+](=O)OS(=O)O. The fraction of sp³-hybridized carbons (Fsp3) is 0. The fourth-order valence-electron chi connectivity index (χ4n) is 0.0628. The molecular weight excluding hydrogens is 141 g/mol. The van der Waals surface area contributed by atoms with Crippen LogP contribution in [-0.4, -0.2) is 8.76 Å². The van der Waals surface area contributed by atoms with Crippen LogP contribution in [-0.2, 0) is 19.9 Å². The molecule has 7 heteroatoms. The van der Waals surface area contributed by atoms with E-state index in [4.69, 9.17) is 4.55 Å². The molecule has 0 aromatic rings. The number of hydrogen-bond donors (Lipinski definition) is 2. The molecule has 5 nitrogen and oxygen atoms in total. The lowest BCUT2D eigenvalue weighted by atomic mass is 13.9. The van der Waals surface area contributed by atoms with Crippen LogP contribution in [0.2, 0.25) is 0 Å². The molecule has 0 radical (unpaired) electrons. The zero-order valence-electron chi connectivity index (χ0n) is 3.10. The Labute approximate surface area is 43.3 Å². The van der Waals surface area contributed by atoms with Crippen LogP contribution in [0.5, 0.6) is 0 Å². The van der Waals surface area contributed by atoms with Gasteiger partial charge < -0.3 is 0 Å². The molecule has 0 aromatic heterocycles. The Balaban J connectivity index is 3.32. The first kappa shape index (κ1) is 7.13. The van der Waals surface area contributed by atoms with E-state index in [1.165, 1.54) is 0 Å². The van der Waals surface area contributed by atoms with Gasteiger partial charge >= 0.3 is 19.5 Å². The molecule has 0 rings (SSSR count). The average Bonchev–Trinajstić information content (AvgIpc) is 1.27. The van der Waals surface area contributed by atoms with Gasteiger partial charge in [0.1, 0.15) is 0 Å². The van der Waals surface area contributed by atoms with E-state index in [9.17, 15) is 8.77 Å². The Hall–Kier alpha value is 0.130. The van der Waals surface area contributed by atoms with Crippen molar-refractivity contribution in [3.8, 4) is 0 Å². The Morgan fingerprint density at radius 3 is 2.29 bits per heavy atom. The van der Waals surface area contributed by atoms with Crippen LogP contribution in [0.1, 0.15) is 0 Å². The van der Waals surface area contributed by atoms with Gasteiger partial charge in [0.2, 0.25) is 0 Å². The zero-order valence-corrected chi connectivity index (χ0v) is 4.82. The zero-order chi connectivity index (χ0) is 5.86.